The molecule has 1 fully saturated rings. The van der Waals surface area contributed by atoms with E-state index in [4.69, 9.17) is 4.74 Å². The van der Waals surface area contributed by atoms with Crippen LogP contribution >= 0.6 is 0 Å². The normalized spacial score (nSPS) is 25.8. The third kappa shape index (κ3) is 12.8. The van der Waals surface area contributed by atoms with Crippen molar-refractivity contribution >= 4 is 0 Å². The van der Waals surface area contributed by atoms with Crippen molar-refractivity contribution in [1.82, 2.24) is 0 Å². The molecule has 2 atom stereocenters. The van der Waals surface area contributed by atoms with Crippen molar-refractivity contribution in [2.24, 2.45) is 0 Å². The van der Waals surface area contributed by atoms with Gasteiger partial charge in [-0.1, -0.05) is 27.0 Å². The molecule has 0 aromatic heterocycles. The number of hydrogen-bond donors (Lipinski definition) is 0. The van der Waals surface area contributed by atoms with Gasteiger partial charge in [0.05, 0.1) is 12.2 Å². The molecule has 1 heterocycles. The molecule has 1 aliphatic rings. The molecule has 1 nitrogen and oxygen atoms in total. The minimum absolute atomic E-state index is 0. The number of allylic oxidation sites excluding steroid dienone is 2. The molecule has 0 amide bonds. The monoisotopic (exact) mass is 160 g/mol. The zero-order chi connectivity index (χ0) is 7.28. The van der Waals surface area contributed by atoms with Gasteiger partial charge in [-0.15, -0.1) is 0 Å². The van der Waals surface area contributed by atoms with E-state index in [9.17, 15) is 0 Å². The van der Waals surface area contributed by atoms with E-state index in [0.717, 1.165) is 0 Å². The van der Waals surface area contributed by atoms with Gasteiger partial charge in [-0.05, 0) is 27.7 Å². The Kier molecular flexibility index (Phi) is 15.0. The summed E-state index contributed by atoms with van der Waals surface area (Å²) in [4.78, 5) is 0. The zero-order valence-electron chi connectivity index (χ0n) is 6.72. The highest BCUT2D eigenvalue weighted by molar-refractivity contribution is 4.73. The van der Waals surface area contributed by atoms with Gasteiger partial charge >= 0.3 is 0 Å². The summed E-state index contributed by atoms with van der Waals surface area (Å²) in [6, 6.07) is 0. The predicted molar refractivity (Wildman–Crippen MR) is 54.0 cm³/mol. The quantitative estimate of drug-likeness (QED) is 0.389. The number of hydrogen-bond acceptors (Lipinski definition) is 1. The molecule has 0 N–H and O–H groups in total. The van der Waals surface area contributed by atoms with Crippen molar-refractivity contribution in [2.45, 2.75) is 54.8 Å². The van der Waals surface area contributed by atoms with Crippen molar-refractivity contribution in [3.8, 4) is 0 Å². The van der Waals surface area contributed by atoms with Crippen LogP contribution in [0.5, 0.6) is 0 Å². The maximum atomic E-state index is 4.92. The largest absolute Gasteiger partial charge is 0.370 e. The molecule has 70 valence electrons. The first-order valence-corrected chi connectivity index (χ1v) is 3.45. The number of ether oxygens (including phenoxy) is 1. The highest BCUT2D eigenvalue weighted by atomic mass is 16.6. The lowest BCUT2D eigenvalue weighted by Crippen LogP contribution is -1.74. The lowest BCUT2D eigenvalue weighted by atomic mass is 10.4. The van der Waals surface area contributed by atoms with Crippen LogP contribution in [-0.2, 0) is 4.74 Å². The molecule has 1 heteroatoms. The van der Waals surface area contributed by atoms with Gasteiger partial charge in [0.2, 0.25) is 0 Å². The summed E-state index contributed by atoms with van der Waals surface area (Å²) in [6.07, 6.45) is 5.10. The van der Waals surface area contributed by atoms with Crippen LogP contribution in [0.4, 0.5) is 0 Å². The topological polar surface area (TPSA) is 12.5 Å². The van der Waals surface area contributed by atoms with E-state index < -0.39 is 0 Å². The van der Waals surface area contributed by atoms with E-state index in [0.29, 0.717) is 12.2 Å². The van der Waals surface area contributed by atoms with E-state index in [2.05, 4.69) is 13.8 Å². The average molecular weight is 160 g/mol. The SMILES string of the molecule is C.C.C/C=C\C.CC1OC1C. The van der Waals surface area contributed by atoms with Crippen LogP contribution in [-0.4, -0.2) is 12.2 Å². The molecular formula is C10H24O. The highest BCUT2D eigenvalue weighted by Gasteiger charge is 2.27. The Morgan fingerprint density at radius 2 is 1.09 bits per heavy atom. The molecule has 0 bridgehead atoms. The van der Waals surface area contributed by atoms with Crippen LogP contribution in [0, 0.1) is 0 Å². The van der Waals surface area contributed by atoms with Crippen LogP contribution < -0.4 is 0 Å². The maximum absolute atomic E-state index is 4.92. The first kappa shape index (κ1) is 17.0. The highest BCUT2D eigenvalue weighted by Crippen LogP contribution is 2.18. The number of epoxide rings is 1. The van der Waals surface area contributed by atoms with Gasteiger partial charge in [0, 0.05) is 0 Å². The molecule has 0 saturated carbocycles. The van der Waals surface area contributed by atoms with Crippen molar-refractivity contribution in [3.63, 3.8) is 0 Å². The van der Waals surface area contributed by atoms with E-state index in [-0.39, 0.29) is 14.9 Å². The van der Waals surface area contributed by atoms with Crippen LogP contribution in [0.3, 0.4) is 0 Å². The zero-order valence-corrected chi connectivity index (χ0v) is 6.72. The second kappa shape index (κ2) is 9.70. The average Bonchev–Trinajstić information content (AvgIpc) is 2.47. The summed E-state index contributed by atoms with van der Waals surface area (Å²) in [6.45, 7) is 8.15. The Balaban J connectivity index is -0.000000101. The van der Waals surface area contributed by atoms with Crippen molar-refractivity contribution < 1.29 is 4.74 Å². The lowest BCUT2D eigenvalue weighted by molar-refractivity contribution is 0.389. The van der Waals surface area contributed by atoms with Crippen LogP contribution in [0.25, 0.3) is 0 Å². The van der Waals surface area contributed by atoms with Crippen molar-refractivity contribution in [3.05, 3.63) is 12.2 Å². The van der Waals surface area contributed by atoms with E-state index in [1.54, 1.807) is 0 Å². The Labute approximate surface area is 72.5 Å². The lowest BCUT2D eigenvalue weighted by Gasteiger charge is -1.57. The first-order valence-electron chi connectivity index (χ1n) is 3.45. The van der Waals surface area contributed by atoms with Crippen molar-refractivity contribution in [2.75, 3.05) is 0 Å². The summed E-state index contributed by atoms with van der Waals surface area (Å²) < 4.78 is 4.92. The Morgan fingerprint density at radius 3 is 1.09 bits per heavy atom. The third-order valence-electron chi connectivity index (χ3n) is 1.35. The van der Waals surface area contributed by atoms with Gasteiger partial charge in [0.1, 0.15) is 0 Å². The van der Waals surface area contributed by atoms with Gasteiger partial charge in [0.15, 0.2) is 0 Å². The fourth-order valence-corrected chi connectivity index (χ4v) is 0.293. The Morgan fingerprint density at radius 1 is 0.909 bits per heavy atom. The molecule has 0 spiro atoms. The molecule has 2 unspecified atom stereocenters. The molecule has 0 aromatic rings. The van der Waals surface area contributed by atoms with Gasteiger partial charge in [-0.25, -0.2) is 0 Å². The van der Waals surface area contributed by atoms with Gasteiger partial charge in [-0.3, -0.25) is 0 Å². The second-order valence-electron chi connectivity index (χ2n) is 2.21. The number of rotatable bonds is 0. The van der Waals surface area contributed by atoms with Crippen LogP contribution in [0.1, 0.15) is 42.5 Å². The van der Waals surface area contributed by atoms with E-state index >= 15 is 0 Å². The van der Waals surface area contributed by atoms with Gasteiger partial charge in [0.25, 0.3) is 0 Å². The molecule has 0 radical (unpaired) electrons. The summed E-state index contributed by atoms with van der Waals surface area (Å²) in [5.41, 5.74) is 0. The van der Waals surface area contributed by atoms with E-state index in [1.165, 1.54) is 0 Å². The first-order chi connectivity index (χ1) is 4.22. The maximum Gasteiger partial charge on any atom is 0.0811 e. The van der Waals surface area contributed by atoms with Crippen molar-refractivity contribution in [1.29, 1.82) is 0 Å². The summed E-state index contributed by atoms with van der Waals surface area (Å²) in [7, 11) is 0. The Hall–Kier alpha value is -0.300. The fourth-order valence-electron chi connectivity index (χ4n) is 0.293. The van der Waals surface area contributed by atoms with Gasteiger partial charge in [-0.2, -0.15) is 0 Å². The molecule has 11 heavy (non-hydrogen) atoms. The second-order valence-corrected chi connectivity index (χ2v) is 2.21. The van der Waals surface area contributed by atoms with Crippen LogP contribution in [0.15, 0.2) is 12.2 Å². The Bertz CT molecular complexity index is 76.9. The molecule has 1 rings (SSSR count). The predicted octanol–water partition coefficient (Wildman–Crippen LogP) is 3.65. The molecule has 0 aliphatic carbocycles. The van der Waals surface area contributed by atoms with Gasteiger partial charge < -0.3 is 4.74 Å². The smallest absolute Gasteiger partial charge is 0.0811 e. The van der Waals surface area contributed by atoms with E-state index in [1.807, 2.05) is 26.0 Å². The summed E-state index contributed by atoms with van der Waals surface area (Å²) >= 11 is 0. The standard InChI is InChI=1S/C4H8O.C4H8.2CH4/c1-3-4(2)5-3;1-3-4-2;;/h3-4H,1-2H3;3-4H,1-2H3;2*1H4/b;4-3-;;. The summed E-state index contributed by atoms with van der Waals surface area (Å²) in [5.74, 6) is 0. The summed E-state index contributed by atoms with van der Waals surface area (Å²) in [5, 5.41) is 0. The minimum atomic E-state index is 0. The molecule has 1 saturated heterocycles. The van der Waals surface area contributed by atoms with Crippen LogP contribution in [0.2, 0.25) is 0 Å². The minimum Gasteiger partial charge on any atom is -0.370 e. The molecule has 0 aromatic carbocycles. The molecule has 1 aliphatic heterocycles. The fraction of sp³-hybridized carbons (Fsp3) is 0.800. The third-order valence-corrected chi connectivity index (χ3v) is 1.35. The molecular weight excluding hydrogens is 136 g/mol.